The van der Waals surface area contributed by atoms with E-state index in [1.54, 1.807) is 11.4 Å². The summed E-state index contributed by atoms with van der Waals surface area (Å²) in [6.07, 6.45) is 3.99. The molecule has 0 aliphatic heterocycles. The number of carbonyl (C=O) groups excluding carboxylic acids is 2. The van der Waals surface area contributed by atoms with Gasteiger partial charge >= 0.3 is 5.97 Å². The molecule has 0 aliphatic carbocycles. The molecule has 0 bridgehead atoms. The fraction of sp³-hybridized carbons (Fsp3) is 0.308. The number of primary amides is 1. The average molecular weight is 296 g/mol. The lowest BCUT2D eigenvalue weighted by atomic mass is 10.2. The van der Waals surface area contributed by atoms with Crippen molar-refractivity contribution >= 4 is 35.2 Å². The Kier molecular flexibility index (Phi) is 6.45. The molecule has 1 heterocycles. The summed E-state index contributed by atoms with van der Waals surface area (Å²) >= 11 is 1.25. The van der Waals surface area contributed by atoms with E-state index in [2.05, 4.69) is 5.32 Å². The van der Waals surface area contributed by atoms with E-state index in [0.717, 1.165) is 6.08 Å². The van der Waals surface area contributed by atoms with Crippen molar-refractivity contribution in [3.8, 4) is 0 Å². The smallest absolute Gasteiger partial charge is 0.328 e. The van der Waals surface area contributed by atoms with Crippen molar-refractivity contribution in [3.05, 3.63) is 28.0 Å². The Balaban J connectivity index is 2.46. The van der Waals surface area contributed by atoms with Crippen molar-refractivity contribution in [2.24, 2.45) is 5.73 Å². The maximum atomic E-state index is 11.9. The van der Waals surface area contributed by atoms with E-state index in [1.807, 2.05) is 0 Å². The molecule has 0 saturated heterocycles. The number of carboxylic acids is 1. The van der Waals surface area contributed by atoms with Crippen LogP contribution in [0.3, 0.4) is 0 Å². The summed E-state index contributed by atoms with van der Waals surface area (Å²) in [5.74, 6) is -1.66. The average Bonchev–Trinajstić information content (AvgIpc) is 2.83. The molecule has 7 heteroatoms. The fourth-order valence-electron chi connectivity index (χ4n) is 1.50. The molecule has 0 aliphatic rings. The number of unbranched alkanes of at least 4 members (excludes halogenated alkanes) is 1. The molecule has 0 atom stereocenters. The molecule has 1 aromatic rings. The summed E-state index contributed by atoms with van der Waals surface area (Å²) in [6, 6.07) is 1.69. The predicted octanol–water partition coefficient (Wildman–Crippen LogP) is 1.23. The minimum absolute atomic E-state index is 0.246. The van der Waals surface area contributed by atoms with Gasteiger partial charge < -0.3 is 16.2 Å². The SMILES string of the molecule is NC(=O)CCCCNC(=O)c1sccc1/C=C/C(=O)O. The number of carboxylic acid groups (broad SMARTS) is 1. The van der Waals surface area contributed by atoms with Gasteiger partial charge in [0.1, 0.15) is 0 Å². The van der Waals surface area contributed by atoms with Gasteiger partial charge in [0.15, 0.2) is 0 Å². The quantitative estimate of drug-likeness (QED) is 0.495. The predicted molar refractivity (Wildman–Crippen MR) is 76.4 cm³/mol. The highest BCUT2D eigenvalue weighted by molar-refractivity contribution is 7.12. The molecule has 6 nitrogen and oxygen atoms in total. The lowest BCUT2D eigenvalue weighted by molar-refractivity contribution is -0.131. The summed E-state index contributed by atoms with van der Waals surface area (Å²) in [7, 11) is 0. The molecule has 4 N–H and O–H groups in total. The second-order valence-electron chi connectivity index (χ2n) is 4.06. The van der Waals surface area contributed by atoms with Crippen molar-refractivity contribution in [1.82, 2.24) is 5.32 Å². The second kappa shape index (κ2) is 8.11. The molecule has 2 amide bonds. The van der Waals surface area contributed by atoms with Gasteiger partial charge in [0.25, 0.3) is 5.91 Å². The number of amides is 2. The Morgan fingerprint density at radius 3 is 2.75 bits per heavy atom. The zero-order valence-corrected chi connectivity index (χ0v) is 11.6. The molecule has 1 rings (SSSR count). The van der Waals surface area contributed by atoms with Gasteiger partial charge in [-0.15, -0.1) is 11.3 Å². The molecule has 0 aromatic carbocycles. The third kappa shape index (κ3) is 5.66. The van der Waals surface area contributed by atoms with Gasteiger partial charge in [-0.05, 0) is 35.9 Å². The summed E-state index contributed by atoms with van der Waals surface area (Å²) < 4.78 is 0. The number of nitrogens with one attached hydrogen (secondary N) is 1. The molecule has 0 radical (unpaired) electrons. The molecule has 0 saturated carbocycles. The Hall–Kier alpha value is -2.15. The van der Waals surface area contributed by atoms with Gasteiger partial charge in [0.2, 0.25) is 5.91 Å². The lowest BCUT2D eigenvalue weighted by Crippen LogP contribution is -2.24. The topological polar surface area (TPSA) is 109 Å². The first-order chi connectivity index (χ1) is 9.50. The third-order valence-electron chi connectivity index (χ3n) is 2.44. The first-order valence-electron chi connectivity index (χ1n) is 6.05. The van der Waals surface area contributed by atoms with Crippen LogP contribution >= 0.6 is 11.3 Å². The van der Waals surface area contributed by atoms with Crippen molar-refractivity contribution in [2.45, 2.75) is 19.3 Å². The third-order valence-corrected chi connectivity index (χ3v) is 3.37. The minimum Gasteiger partial charge on any atom is -0.478 e. The van der Waals surface area contributed by atoms with E-state index in [4.69, 9.17) is 10.8 Å². The molecule has 20 heavy (non-hydrogen) atoms. The van der Waals surface area contributed by atoms with Crippen LogP contribution in [-0.4, -0.2) is 29.4 Å². The summed E-state index contributed by atoms with van der Waals surface area (Å²) in [5.41, 5.74) is 5.59. The van der Waals surface area contributed by atoms with Gasteiger partial charge in [0, 0.05) is 19.0 Å². The lowest BCUT2D eigenvalue weighted by Gasteiger charge is -2.04. The number of hydrogen-bond donors (Lipinski definition) is 3. The summed E-state index contributed by atoms with van der Waals surface area (Å²) in [5, 5.41) is 13.0. The van der Waals surface area contributed by atoms with Crippen molar-refractivity contribution in [2.75, 3.05) is 6.54 Å². The van der Waals surface area contributed by atoms with Crippen LogP contribution < -0.4 is 11.1 Å². The monoisotopic (exact) mass is 296 g/mol. The molecule has 0 spiro atoms. The van der Waals surface area contributed by atoms with Gasteiger partial charge in [-0.25, -0.2) is 4.79 Å². The number of thiophene rings is 1. The van der Waals surface area contributed by atoms with E-state index in [9.17, 15) is 14.4 Å². The highest BCUT2D eigenvalue weighted by Crippen LogP contribution is 2.18. The van der Waals surface area contributed by atoms with Crippen LogP contribution in [0.15, 0.2) is 17.5 Å². The number of hydrogen-bond acceptors (Lipinski definition) is 4. The zero-order valence-electron chi connectivity index (χ0n) is 10.8. The van der Waals surface area contributed by atoms with Gasteiger partial charge in [0.05, 0.1) is 4.88 Å². The standard InChI is InChI=1S/C13H16N2O4S/c14-10(16)3-1-2-7-15-13(19)12-9(6-8-20-12)4-5-11(17)18/h4-6,8H,1-3,7H2,(H2,14,16)(H,15,19)(H,17,18)/b5-4+. The molecule has 108 valence electrons. The first-order valence-corrected chi connectivity index (χ1v) is 6.93. The second-order valence-corrected chi connectivity index (χ2v) is 4.97. The number of rotatable bonds is 8. The van der Waals surface area contributed by atoms with E-state index in [0.29, 0.717) is 36.2 Å². The van der Waals surface area contributed by atoms with Crippen molar-refractivity contribution < 1.29 is 19.5 Å². The van der Waals surface area contributed by atoms with Crippen LogP contribution in [0.1, 0.15) is 34.5 Å². The van der Waals surface area contributed by atoms with Gasteiger partial charge in [-0.3, -0.25) is 9.59 Å². The van der Waals surface area contributed by atoms with Crippen molar-refractivity contribution in [1.29, 1.82) is 0 Å². The Bertz CT molecular complexity index is 522. The van der Waals surface area contributed by atoms with Crippen molar-refractivity contribution in [3.63, 3.8) is 0 Å². The van der Waals surface area contributed by atoms with Crippen LogP contribution in [0.4, 0.5) is 0 Å². The Morgan fingerprint density at radius 2 is 2.10 bits per heavy atom. The van der Waals surface area contributed by atoms with Gasteiger partial charge in [-0.2, -0.15) is 0 Å². The van der Waals surface area contributed by atoms with E-state index in [1.165, 1.54) is 17.4 Å². The Labute approximate surface area is 120 Å². The number of aliphatic carboxylic acids is 1. The zero-order chi connectivity index (χ0) is 15.0. The molecule has 0 unspecified atom stereocenters. The molecular weight excluding hydrogens is 280 g/mol. The summed E-state index contributed by atoms with van der Waals surface area (Å²) in [6.45, 7) is 0.450. The highest BCUT2D eigenvalue weighted by atomic mass is 32.1. The van der Waals surface area contributed by atoms with Crippen LogP contribution in [0.25, 0.3) is 6.08 Å². The summed E-state index contributed by atoms with van der Waals surface area (Å²) in [4.78, 5) is 33.4. The van der Waals surface area contributed by atoms with Crippen LogP contribution in [0, 0.1) is 0 Å². The largest absolute Gasteiger partial charge is 0.478 e. The van der Waals surface area contributed by atoms with Gasteiger partial charge in [-0.1, -0.05) is 0 Å². The van der Waals surface area contributed by atoms with Crippen LogP contribution in [0.2, 0.25) is 0 Å². The van der Waals surface area contributed by atoms with E-state index < -0.39 is 5.97 Å². The minimum atomic E-state index is -1.06. The van der Waals surface area contributed by atoms with E-state index >= 15 is 0 Å². The maximum absolute atomic E-state index is 11.9. The maximum Gasteiger partial charge on any atom is 0.328 e. The fourth-order valence-corrected chi connectivity index (χ4v) is 2.30. The molecule has 0 fully saturated rings. The number of nitrogens with two attached hydrogens (primary N) is 1. The Morgan fingerprint density at radius 1 is 1.35 bits per heavy atom. The van der Waals surface area contributed by atoms with Crippen LogP contribution in [0.5, 0.6) is 0 Å². The normalized spacial score (nSPS) is 10.6. The number of carbonyl (C=O) groups is 3. The highest BCUT2D eigenvalue weighted by Gasteiger charge is 2.11. The molecule has 1 aromatic heterocycles. The van der Waals surface area contributed by atoms with E-state index in [-0.39, 0.29) is 11.8 Å². The first kappa shape index (κ1) is 15.9. The molecular formula is C13H16N2O4S. The van der Waals surface area contributed by atoms with Crippen LogP contribution in [-0.2, 0) is 9.59 Å².